The van der Waals surface area contributed by atoms with Gasteiger partial charge in [-0.3, -0.25) is 91.1 Å². The largest absolute Gasteiger partial charge is 0.490 e. The van der Waals surface area contributed by atoms with E-state index >= 15 is 0 Å². The van der Waals surface area contributed by atoms with Gasteiger partial charge in [-0.2, -0.15) is 13.2 Å². The lowest BCUT2D eigenvalue weighted by Gasteiger charge is -2.32. The summed E-state index contributed by atoms with van der Waals surface area (Å²) in [7, 11) is 0. The predicted molar refractivity (Wildman–Crippen MR) is 469 cm³/mol. The maximum Gasteiger partial charge on any atom is 0.490 e. The fraction of sp³-hybridized carbons (Fsp3) is 0.675. The van der Waals surface area contributed by atoms with Crippen molar-refractivity contribution in [3.63, 3.8) is 0 Å². The van der Waals surface area contributed by atoms with Crippen molar-refractivity contribution in [2.24, 2.45) is 40.3 Å². The van der Waals surface area contributed by atoms with Gasteiger partial charge in [-0.15, -0.1) is 0 Å². The van der Waals surface area contributed by atoms with Crippen molar-refractivity contribution in [2.45, 2.75) is 291 Å². The number of hydrogen-bond acceptors (Lipinski definition) is 28. The predicted octanol–water partition coefficient (Wildman–Crippen LogP) is -8.58. The highest BCUT2D eigenvalue weighted by Gasteiger charge is 2.46. The number of rotatable bonds is 58. The van der Waals surface area contributed by atoms with Gasteiger partial charge in [0, 0.05) is 45.3 Å². The Morgan fingerprint density at radius 1 is 0.378 bits per heavy atom. The van der Waals surface area contributed by atoms with Crippen LogP contribution in [0.3, 0.4) is 0 Å². The van der Waals surface area contributed by atoms with Gasteiger partial charge in [0.25, 0.3) is 0 Å². The minimum absolute atomic E-state index is 0.00424. The number of carbonyl (C=O) groups excluding carboxylic acids is 18. The monoisotopic (exact) mass is 1930 g/mol. The molecule has 0 aromatic heterocycles. The molecule has 31 N–H and O–H groups in total. The van der Waals surface area contributed by atoms with Crippen molar-refractivity contribution in [3.8, 4) is 0 Å². The van der Waals surface area contributed by atoms with Crippen LogP contribution in [-0.2, 0) is 107 Å². The normalized spacial score (nSPS) is 17.7. The number of amides is 18. The molecule has 18 amide bonds. The number of carboxylic acids is 3. The second-order valence-corrected chi connectivity index (χ2v) is 33.3. The summed E-state index contributed by atoms with van der Waals surface area (Å²) in [6.07, 6.45) is -5.43. The van der Waals surface area contributed by atoms with Gasteiger partial charge in [-0.05, 0) is 174 Å². The smallest absolute Gasteiger partial charge is 0.481 e. The van der Waals surface area contributed by atoms with Crippen LogP contribution in [0.4, 0.5) is 13.2 Å². The molecule has 0 spiro atoms. The van der Waals surface area contributed by atoms with Gasteiger partial charge in [-0.25, -0.2) is 9.59 Å². The topological polar surface area (TPSA) is 802 Å². The number of carbonyl (C=O) groups is 21. The number of hydrogen-bond donors (Lipinski definition) is 25. The number of benzene rings is 1. The van der Waals surface area contributed by atoms with Crippen LogP contribution >= 0.6 is 0 Å². The highest BCUT2D eigenvalue weighted by molar-refractivity contribution is 6.02. The van der Waals surface area contributed by atoms with Crippen LogP contribution in [0, 0.1) is 5.92 Å². The van der Waals surface area contributed by atoms with Crippen LogP contribution in [0.5, 0.6) is 0 Å². The van der Waals surface area contributed by atoms with Crippen molar-refractivity contribution in [1.82, 2.24) is 83.8 Å². The summed E-state index contributed by atoms with van der Waals surface area (Å²) in [6, 6.07) is -17.0. The van der Waals surface area contributed by atoms with Gasteiger partial charge < -0.3 is 149 Å². The summed E-state index contributed by atoms with van der Waals surface area (Å²) >= 11 is 0. The summed E-state index contributed by atoms with van der Waals surface area (Å²) in [5, 5.41) is 89.4. The molecular formula is C83H133F3N22O27. The molecule has 3 fully saturated rings. The Bertz CT molecular complexity index is 4220. The maximum atomic E-state index is 14.9. The third-order valence-electron chi connectivity index (χ3n) is 21.9. The van der Waals surface area contributed by atoms with Crippen LogP contribution < -0.4 is 104 Å². The SMILES string of the molecule is CC(C)C[C@H](NC(=O)[C@H](CCC(=O)O)NC(=O)[C@H](CO)NC(=O)[C@H](C)N)C(=O)N1CCC[C@H]1C(=O)N[C@@H](C)C(=O)N[C@@H](CO)C(=O)N[C@@H](CCC(N)=O)C(=O)N1CCC[C@H]1C(=O)N[C@@H](CCC(N)=O)C(=O)N1CCC[C@H]1C(=O)N[C@@H](Cc1ccccc1)C(=O)N[C@@H](CO)C(=O)N[C@@H](C)C(=O)N[C@@H](CCCCN)C(=O)N[C@@H](CCCCN)C(=O)N[C@@H](CCCCN)C(=O)O.O=C(O)C(F)(F)F. The van der Waals surface area contributed by atoms with E-state index in [4.69, 9.17) is 44.3 Å². The fourth-order valence-corrected chi connectivity index (χ4v) is 14.6. The first-order valence-electron chi connectivity index (χ1n) is 44.5. The van der Waals surface area contributed by atoms with Crippen LogP contribution in [0.15, 0.2) is 30.3 Å². The van der Waals surface area contributed by atoms with Crippen molar-refractivity contribution in [3.05, 3.63) is 35.9 Å². The lowest BCUT2D eigenvalue weighted by Crippen LogP contribution is -2.61. The summed E-state index contributed by atoms with van der Waals surface area (Å²) in [6.45, 7) is 4.53. The minimum atomic E-state index is -5.08. The lowest BCUT2D eigenvalue weighted by atomic mass is 10.0. The molecule has 3 heterocycles. The van der Waals surface area contributed by atoms with E-state index in [0.717, 1.165) is 14.7 Å². The Kier molecular flexibility index (Phi) is 51.3. The van der Waals surface area contributed by atoms with E-state index in [1.54, 1.807) is 44.2 Å². The highest BCUT2D eigenvalue weighted by atomic mass is 19.4. The Balaban J connectivity index is 0.00000643. The number of aliphatic hydroxyl groups excluding tert-OH is 3. The lowest BCUT2D eigenvalue weighted by molar-refractivity contribution is -0.192. The average molecular weight is 1930 g/mol. The standard InChI is InChI=1S/C81H132N22O25.C2HF3O2/c1-43(2)38-55(97-70(116)50(28-31-64(109)110)92-73(119)57(41-105)98-65(111)44(3)85)80(126)103-37-15-23-59(103)75(121)89-46(5)67(113)99-58(42-106)74(120)93-51(26-29-62(86)107)78(124)101-35-16-24-60(101)76(122)94-52(27-30-63(87)108)79(125)102-36-17-25-61(102)77(123)96-54(39-47-18-7-6-8-19-47)71(117)100-56(40-104)72(118)88-45(4)66(112)90-48(20-9-12-32-82)68(114)91-49(21-10-13-33-83)69(115)95-53(81(127)128)22-11-14-34-84;3-2(4,5)1(6)7/h6-8,18-19,43-46,48-61,104-106H,9-17,20-42,82-85H2,1-5H3,(H2,86,107)(H2,87,108)(H,88,118)(H,89,121)(H,90,112)(H,91,114)(H,92,119)(H,93,120)(H,94,122)(H,95,115)(H,96,123)(H,97,116)(H,98,111)(H,99,113)(H,100,117)(H,109,110)(H,127,128);(H,6,7)/t44-,45-,46-,48-,49-,50-,51-,52-,53-,54-,55-,56-,57-,58-,59-,60-,61-;/m0./s1. The van der Waals surface area contributed by atoms with Gasteiger partial charge in [-0.1, -0.05) is 44.2 Å². The third-order valence-corrected chi connectivity index (χ3v) is 21.9. The molecule has 0 saturated carbocycles. The van der Waals surface area contributed by atoms with E-state index in [1.165, 1.54) is 20.8 Å². The van der Waals surface area contributed by atoms with Gasteiger partial charge in [0.2, 0.25) is 106 Å². The number of nitrogens with one attached hydrogen (secondary N) is 13. The van der Waals surface area contributed by atoms with E-state index in [9.17, 15) is 135 Å². The van der Waals surface area contributed by atoms with Crippen molar-refractivity contribution >= 4 is 124 Å². The van der Waals surface area contributed by atoms with Crippen LogP contribution in [0.1, 0.15) is 181 Å². The number of likely N-dealkylation sites (tertiary alicyclic amines) is 3. The Morgan fingerprint density at radius 3 is 1.06 bits per heavy atom. The molecule has 0 bridgehead atoms. The number of nitrogens with two attached hydrogens (primary N) is 6. The first kappa shape index (κ1) is 117. The quantitative estimate of drug-likeness (QED) is 0.0269. The molecule has 1 aromatic rings. The number of alkyl halides is 3. The van der Waals surface area contributed by atoms with Crippen LogP contribution in [0.25, 0.3) is 0 Å². The highest BCUT2D eigenvalue weighted by Crippen LogP contribution is 2.26. The zero-order valence-electron chi connectivity index (χ0n) is 76.1. The number of aliphatic hydroxyl groups is 3. The second kappa shape index (κ2) is 59.4. The number of unbranched alkanes of at least 4 members (excludes halogenated alkanes) is 3. The van der Waals surface area contributed by atoms with E-state index in [0.29, 0.717) is 50.6 Å². The molecule has 0 radical (unpaired) electrons. The molecule has 49 nitrogen and oxygen atoms in total. The molecule has 135 heavy (non-hydrogen) atoms. The number of nitrogens with zero attached hydrogens (tertiary/aromatic N) is 3. The summed E-state index contributed by atoms with van der Waals surface area (Å²) in [5.74, 6) is -22.8. The third kappa shape index (κ3) is 40.4. The number of primary amides is 2. The molecule has 1 aromatic carbocycles. The second-order valence-electron chi connectivity index (χ2n) is 33.3. The first-order chi connectivity index (χ1) is 63.6. The number of halogens is 3. The Labute approximate surface area is 776 Å². The molecule has 3 aliphatic heterocycles. The zero-order valence-corrected chi connectivity index (χ0v) is 76.1. The molecule has 52 heteroatoms. The molecule has 0 aliphatic carbocycles. The maximum absolute atomic E-state index is 14.9. The summed E-state index contributed by atoms with van der Waals surface area (Å²) in [5.41, 5.74) is 34.1. The van der Waals surface area contributed by atoms with E-state index in [-0.39, 0.29) is 109 Å². The zero-order chi connectivity index (χ0) is 102. The van der Waals surface area contributed by atoms with Gasteiger partial charge in [0.05, 0.1) is 25.9 Å². The Hall–Kier alpha value is -12.4. The van der Waals surface area contributed by atoms with Crippen molar-refractivity contribution in [2.75, 3.05) is 59.1 Å². The van der Waals surface area contributed by atoms with Crippen LogP contribution in [-0.4, -0.2) is 338 Å². The molecule has 4 rings (SSSR count). The molecule has 3 saturated heterocycles. The van der Waals surface area contributed by atoms with Gasteiger partial charge >= 0.3 is 24.1 Å². The van der Waals surface area contributed by atoms with E-state index in [1.807, 2.05) is 0 Å². The molecule has 758 valence electrons. The first-order valence-corrected chi connectivity index (χ1v) is 44.5. The average Bonchev–Trinajstić information content (AvgIpc) is 1.72. The molecule has 0 unspecified atom stereocenters. The van der Waals surface area contributed by atoms with Crippen molar-refractivity contribution in [1.29, 1.82) is 0 Å². The molecule has 3 aliphatic rings. The Morgan fingerprint density at radius 2 is 0.681 bits per heavy atom. The van der Waals surface area contributed by atoms with Crippen LogP contribution in [0.2, 0.25) is 0 Å². The minimum Gasteiger partial charge on any atom is -0.481 e. The molecular weight excluding hydrogens is 1790 g/mol. The van der Waals surface area contributed by atoms with Crippen molar-refractivity contribution < 1.29 is 144 Å². The van der Waals surface area contributed by atoms with E-state index in [2.05, 4.69) is 69.1 Å². The van der Waals surface area contributed by atoms with Gasteiger partial charge in [0.1, 0.15) is 96.7 Å². The summed E-state index contributed by atoms with van der Waals surface area (Å²) < 4.78 is 31.7. The number of aliphatic carboxylic acids is 3. The number of carboxylic acid groups (broad SMARTS) is 3. The van der Waals surface area contributed by atoms with Gasteiger partial charge in [0.15, 0.2) is 0 Å². The molecule has 17 atom stereocenters. The fourth-order valence-electron chi connectivity index (χ4n) is 14.6. The van der Waals surface area contributed by atoms with E-state index < -0.39 is 291 Å². The summed E-state index contributed by atoms with van der Waals surface area (Å²) in [4.78, 5) is 285.